The second-order valence-corrected chi connectivity index (χ2v) is 5.12. The van der Waals surface area contributed by atoms with Crippen LogP contribution in [0.1, 0.15) is 0 Å². The van der Waals surface area contributed by atoms with Crippen LogP contribution in [0, 0.1) is 0 Å². The molecule has 0 saturated heterocycles. The minimum atomic E-state index is -4.89. The summed E-state index contributed by atoms with van der Waals surface area (Å²) >= 11 is 0. The maximum absolute atomic E-state index is 12.9. The van der Waals surface area contributed by atoms with Gasteiger partial charge in [0.25, 0.3) is 0 Å². The van der Waals surface area contributed by atoms with Gasteiger partial charge in [-0.25, -0.2) is 8.22 Å². The largest absolute Gasteiger partial charge is 0.605 e. The highest BCUT2D eigenvalue weighted by Crippen LogP contribution is 2.08. The van der Waals surface area contributed by atoms with Crippen molar-refractivity contribution in [1.29, 1.82) is 0 Å². The molecule has 1 rings (SSSR count). The summed E-state index contributed by atoms with van der Waals surface area (Å²) in [7, 11) is -7.41. The summed E-state index contributed by atoms with van der Waals surface area (Å²) in [6.45, 7) is 0. The molecule has 12 heavy (non-hydrogen) atoms. The van der Waals surface area contributed by atoms with Gasteiger partial charge in [-0.2, -0.15) is 0 Å². The van der Waals surface area contributed by atoms with Crippen molar-refractivity contribution in [2.45, 2.75) is 0 Å². The zero-order chi connectivity index (χ0) is 9.03. The Kier molecular flexibility index (Phi) is 3.07. The average Bonchev–Trinajstić information content (AvgIpc) is 2.06. The van der Waals surface area contributed by atoms with Gasteiger partial charge in [-0.15, -0.1) is 0 Å². The Morgan fingerprint density at radius 3 is 2.25 bits per heavy atom. The zero-order valence-electron chi connectivity index (χ0n) is 6.14. The monoisotopic (exact) mass is 208 g/mol. The molecule has 0 bridgehead atoms. The highest BCUT2D eigenvalue weighted by molar-refractivity contribution is 6.77. The first-order chi connectivity index (χ1) is 5.67. The maximum Gasteiger partial charge on any atom is 0.605 e. The molecule has 0 aromatic heterocycles. The van der Waals surface area contributed by atoms with E-state index in [2.05, 4.69) is 4.12 Å². The first-order valence-corrected chi connectivity index (χ1v) is 6.07. The molecule has 0 atom stereocenters. The summed E-state index contributed by atoms with van der Waals surface area (Å²) in [6, 6.07) is 7.12. The molecule has 1 nitrogen and oxygen atoms in total. The van der Waals surface area contributed by atoms with Crippen molar-refractivity contribution in [3.05, 3.63) is 30.3 Å². The minimum Gasteiger partial charge on any atom is -0.385 e. The Morgan fingerprint density at radius 1 is 1.17 bits per heavy atom. The lowest BCUT2D eigenvalue weighted by molar-refractivity contribution is 0.393. The van der Waals surface area contributed by atoms with E-state index in [1.165, 1.54) is 24.3 Å². The smallest absolute Gasteiger partial charge is 0.385 e. The third-order valence-corrected chi connectivity index (χ3v) is 4.24. The molecule has 0 unspecified atom stereocenters. The Bertz CT molecular complexity index is 242. The van der Waals surface area contributed by atoms with Gasteiger partial charge in [-0.1, -0.05) is 30.3 Å². The number of halogens is 3. The van der Waals surface area contributed by atoms with E-state index in [0.29, 0.717) is 0 Å². The van der Waals surface area contributed by atoms with Crippen LogP contribution in [0.15, 0.2) is 30.3 Å². The van der Waals surface area contributed by atoms with Gasteiger partial charge in [0.15, 0.2) is 0 Å². The fourth-order valence-electron chi connectivity index (χ4n) is 0.784. The molecule has 0 radical (unpaired) electrons. The summed E-state index contributed by atoms with van der Waals surface area (Å²) in [4.78, 5) is 0. The third-order valence-electron chi connectivity index (χ3n) is 1.35. The van der Waals surface area contributed by atoms with E-state index in [-0.39, 0.29) is 5.19 Å². The summed E-state index contributed by atoms with van der Waals surface area (Å²) in [6.07, 6.45) is 0. The Morgan fingerprint density at radius 2 is 1.75 bits per heavy atom. The van der Waals surface area contributed by atoms with E-state index in [4.69, 9.17) is 0 Å². The summed E-state index contributed by atoms with van der Waals surface area (Å²) in [5.41, 5.74) is 0. The van der Waals surface area contributed by atoms with Crippen molar-refractivity contribution in [1.82, 2.24) is 0 Å². The van der Waals surface area contributed by atoms with Crippen molar-refractivity contribution in [3.63, 3.8) is 0 Å². The van der Waals surface area contributed by atoms with Crippen LogP contribution < -0.4 is 5.19 Å². The summed E-state index contributed by atoms with van der Waals surface area (Å²) in [5.74, 6) is 0. The van der Waals surface area contributed by atoms with Crippen LogP contribution in [-0.4, -0.2) is 19.1 Å². The lowest BCUT2D eigenvalue weighted by Crippen LogP contribution is -2.42. The second-order valence-electron chi connectivity index (χ2n) is 2.14. The molecule has 0 aliphatic rings. The summed E-state index contributed by atoms with van der Waals surface area (Å²) < 4.78 is 41.3. The van der Waals surface area contributed by atoms with Crippen LogP contribution >= 0.6 is 0 Å². The standard InChI is InChI=1S/C6H7F3OSi2/c7-11-10-12(8,9)6-4-2-1-3-5-6/h1-5H,11H2. The van der Waals surface area contributed by atoms with Crippen molar-refractivity contribution in [3.8, 4) is 0 Å². The molecule has 1 aromatic carbocycles. The molecule has 0 N–H and O–H groups in total. The predicted octanol–water partition coefficient (Wildman–Crippen LogP) is 0.756. The molecule has 1 aromatic rings. The predicted molar refractivity (Wildman–Crippen MR) is 44.8 cm³/mol. The van der Waals surface area contributed by atoms with Crippen molar-refractivity contribution < 1.29 is 16.4 Å². The van der Waals surface area contributed by atoms with Crippen molar-refractivity contribution in [2.75, 3.05) is 0 Å². The number of benzene rings is 1. The molecule has 0 aliphatic carbocycles. The summed E-state index contributed by atoms with van der Waals surface area (Å²) in [5, 5.41) is -0.171. The number of hydrogen-bond acceptors (Lipinski definition) is 1. The van der Waals surface area contributed by atoms with Gasteiger partial charge in [-0.05, 0) is 0 Å². The second kappa shape index (κ2) is 3.88. The van der Waals surface area contributed by atoms with E-state index < -0.39 is 19.1 Å². The Hall–Kier alpha value is -0.596. The van der Waals surface area contributed by atoms with E-state index in [9.17, 15) is 12.3 Å². The van der Waals surface area contributed by atoms with Gasteiger partial charge in [0.1, 0.15) is 0 Å². The zero-order valence-corrected chi connectivity index (χ0v) is 8.55. The fourth-order valence-corrected chi connectivity index (χ4v) is 2.58. The molecule has 0 aliphatic heterocycles. The fraction of sp³-hybridized carbons (Fsp3) is 0. The van der Waals surface area contributed by atoms with E-state index in [1.54, 1.807) is 6.07 Å². The van der Waals surface area contributed by atoms with Crippen LogP contribution in [0.4, 0.5) is 12.3 Å². The van der Waals surface area contributed by atoms with Gasteiger partial charge >= 0.3 is 19.1 Å². The van der Waals surface area contributed by atoms with Gasteiger partial charge < -0.3 is 4.12 Å². The normalized spacial score (nSPS) is 12.6. The topological polar surface area (TPSA) is 9.23 Å². The molecule has 0 heterocycles. The van der Waals surface area contributed by atoms with Gasteiger partial charge in [0.2, 0.25) is 0 Å². The molecular formula is C6H7F3OSi2. The molecular weight excluding hydrogens is 201 g/mol. The van der Waals surface area contributed by atoms with Gasteiger partial charge in [0, 0.05) is 5.19 Å². The first kappa shape index (κ1) is 9.49. The van der Waals surface area contributed by atoms with Gasteiger partial charge in [-0.3, -0.25) is 4.11 Å². The van der Waals surface area contributed by atoms with E-state index in [0.717, 1.165) is 0 Å². The minimum absolute atomic E-state index is 0.171. The van der Waals surface area contributed by atoms with Crippen LogP contribution in [0.5, 0.6) is 0 Å². The maximum atomic E-state index is 12.9. The van der Waals surface area contributed by atoms with E-state index in [1.807, 2.05) is 0 Å². The molecule has 6 heteroatoms. The van der Waals surface area contributed by atoms with Crippen molar-refractivity contribution in [2.24, 2.45) is 0 Å². The van der Waals surface area contributed by atoms with Crippen molar-refractivity contribution >= 4 is 24.3 Å². The molecule has 0 amide bonds. The quantitative estimate of drug-likeness (QED) is 0.526. The highest BCUT2D eigenvalue weighted by Gasteiger charge is 2.40. The molecule has 0 saturated carbocycles. The first-order valence-electron chi connectivity index (χ1n) is 3.30. The lowest BCUT2D eigenvalue weighted by atomic mass is 10.4. The van der Waals surface area contributed by atoms with Crippen LogP contribution in [0.2, 0.25) is 0 Å². The van der Waals surface area contributed by atoms with Crippen LogP contribution in [0.3, 0.4) is 0 Å². The van der Waals surface area contributed by atoms with Crippen LogP contribution in [-0.2, 0) is 4.12 Å². The average molecular weight is 208 g/mol. The van der Waals surface area contributed by atoms with Gasteiger partial charge in [0.05, 0.1) is 0 Å². The SMILES string of the molecule is F[SiH2]O[Si](F)(F)c1ccccc1. The molecule has 66 valence electrons. The third kappa shape index (κ3) is 2.19. The molecule has 0 spiro atoms. The highest BCUT2D eigenvalue weighted by atomic mass is 28.5. The Balaban J connectivity index is 2.82. The molecule has 0 fully saturated rings. The number of rotatable bonds is 3. The Labute approximate surface area is 71.8 Å². The lowest BCUT2D eigenvalue weighted by Gasteiger charge is -2.10. The van der Waals surface area contributed by atoms with E-state index >= 15 is 0 Å². The van der Waals surface area contributed by atoms with Crippen LogP contribution in [0.25, 0.3) is 0 Å². The number of hydrogen-bond donors (Lipinski definition) is 0.